The second kappa shape index (κ2) is 3.85. The molecule has 0 spiro atoms. The van der Waals surface area contributed by atoms with E-state index in [2.05, 4.69) is 9.97 Å². The average molecular weight is 246 g/mol. The number of benzene rings is 1. The molecule has 1 N–H and O–H groups in total. The quantitative estimate of drug-likeness (QED) is 0.707. The lowest BCUT2D eigenvalue weighted by molar-refractivity contribution is 0.0520. The fraction of sp³-hybridized carbons (Fsp3) is 0.167. The molecular formula is C12H10N2O2S. The van der Waals surface area contributed by atoms with Gasteiger partial charge in [0.1, 0.15) is 5.69 Å². The van der Waals surface area contributed by atoms with Crippen LogP contribution in [0.2, 0.25) is 0 Å². The van der Waals surface area contributed by atoms with Crippen molar-refractivity contribution in [3.05, 3.63) is 29.4 Å². The Labute approximate surface area is 101 Å². The van der Waals surface area contributed by atoms with Crippen LogP contribution in [0.5, 0.6) is 0 Å². The van der Waals surface area contributed by atoms with Gasteiger partial charge in [0.2, 0.25) is 0 Å². The van der Waals surface area contributed by atoms with Gasteiger partial charge in [0.15, 0.2) is 0 Å². The van der Waals surface area contributed by atoms with Crippen molar-refractivity contribution in [3.63, 3.8) is 0 Å². The number of fused-ring (bicyclic) bond motifs is 3. The largest absolute Gasteiger partial charge is 0.461 e. The maximum atomic E-state index is 11.6. The third-order valence-electron chi connectivity index (χ3n) is 2.59. The van der Waals surface area contributed by atoms with Crippen molar-refractivity contribution in [1.29, 1.82) is 0 Å². The summed E-state index contributed by atoms with van der Waals surface area (Å²) in [5.41, 5.74) is 4.19. The molecule has 86 valence electrons. The van der Waals surface area contributed by atoms with Crippen LogP contribution < -0.4 is 0 Å². The molecule has 3 rings (SSSR count). The first-order valence-corrected chi connectivity index (χ1v) is 6.19. The van der Waals surface area contributed by atoms with Crippen molar-refractivity contribution in [2.45, 2.75) is 6.92 Å². The van der Waals surface area contributed by atoms with E-state index < -0.39 is 0 Å². The third kappa shape index (κ3) is 1.59. The van der Waals surface area contributed by atoms with E-state index in [1.807, 2.05) is 18.2 Å². The van der Waals surface area contributed by atoms with Crippen LogP contribution in [0.4, 0.5) is 0 Å². The molecule has 2 heterocycles. The molecule has 0 radical (unpaired) electrons. The number of ether oxygens (including phenoxy) is 1. The Kier molecular flexibility index (Phi) is 2.33. The SMILES string of the molecule is CCOC(=O)c1cc2ccc3ncsc3c2[nH]1. The van der Waals surface area contributed by atoms with E-state index in [1.165, 1.54) is 0 Å². The Morgan fingerprint density at radius 2 is 2.41 bits per heavy atom. The molecule has 0 aliphatic heterocycles. The zero-order chi connectivity index (χ0) is 11.8. The van der Waals surface area contributed by atoms with Crippen LogP contribution in [0, 0.1) is 0 Å². The Morgan fingerprint density at radius 1 is 1.53 bits per heavy atom. The Bertz CT molecular complexity index is 699. The highest BCUT2D eigenvalue weighted by Gasteiger charge is 2.12. The predicted octanol–water partition coefficient (Wildman–Crippen LogP) is 2.95. The number of thiazole rings is 1. The highest BCUT2D eigenvalue weighted by Crippen LogP contribution is 2.28. The Morgan fingerprint density at radius 3 is 3.24 bits per heavy atom. The zero-order valence-corrected chi connectivity index (χ0v) is 10.0. The van der Waals surface area contributed by atoms with Crippen LogP contribution in [0.3, 0.4) is 0 Å². The van der Waals surface area contributed by atoms with E-state index in [-0.39, 0.29) is 5.97 Å². The van der Waals surface area contributed by atoms with Crippen LogP contribution in [-0.4, -0.2) is 22.5 Å². The number of aromatic nitrogens is 2. The summed E-state index contributed by atoms with van der Waals surface area (Å²) in [4.78, 5) is 19.0. The summed E-state index contributed by atoms with van der Waals surface area (Å²) in [6.45, 7) is 2.17. The minimum absolute atomic E-state index is 0.318. The Balaban J connectivity index is 2.20. The highest BCUT2D eigenvalue weighted by atomic mass is 32.1. The molecule has 0 saturated carbocycles. The van der Waals surface area contributed by atoms with Gasteiger partial charge in [0, 0.05) is 5.39 Å². The molecule has 5 heteroatoms. The number of esters is 1. The summed E-state index contributed by atoms with van der Waals surface area (Å²) in [6.07, 6.45) is 0. The van der Waals surface area contributed by atoms with E-state index in [1.54, 1.807) is 23.8 Å². The van der Waals surface area contributed by atoms with Gasteiger partial charge in [-0.15, -0.1) is 11.3 Å². The predicted molar refractivity (Wildman–Crippen MR) is 67.4 cm³/mol. The molecule has 4 nitrogen and oxygen atoms in total. The van der Waals surface area contributed by atoms with Crippen molar-refractivity contribution in [2.75, 3.05) is 6.61 Å². The smallest absolute Gasteiger partial charge is 0.354 e. The maximum Gasteiger partial charge on any atom is 0.354 e. The number of hydrogen-bond donors (Lipinski definition) is 1. The van der Waals surface area contributed by atoms with E-state index in [9.17, 15) is 4.79 Å². The van der Waals surface area contributed by atoms with E-state index in [0.29, 0.717) is 12.3 Å². The number of carbonyl (C=O) groups excluding carboxylic acids is 1. The molecule has 17 heavy (non-hydrogen) atoms. The van der Waals surface area contributed by atoms with Crippen LogP contribution in [0.25, 0.3) is 21.1 Å². The zero-order valence-electron chi connectivity index (χ0n) is 9.19. The number of aromatic amines is 1. The first-order chi connectivity index (χ1) is 8.29. The standard InChI is InChI=1S/C12H10N2O2S/c1-2-16-12(15)9-5-7-3-4-8-11(10(7)14-9)17-6-13-8/h3-6,14H,2H2,1H3. The lowest BCUT2D eigenvalue weighted by atomic mass is 10.2. The van der Waals surface area contributed by atoms with Crippen LogP contribution in [-0.2, 0) is 4.74 Å². The molecule has 0 unspecified atom stereocenters. The monoisotopic (exact) mass is 246 g/mol. The number of nitrogens with one attached hydrogen (secondary N) is 1. The molecule has 0 aliphatic rings. The molecule has 2 aromatic heterocycles. The lowest BCUT2D eigenvalue weighted by Crippen LogP contribution is -2.04. The number of carbonyl (C=O) groups is 1. The maximum absolute atomic E-state index is 11.6. The normalized spacial score (nSPS) is 11.1. The molecular weight excluding hydrogens is 236 g/mol. The first-order valence-electron chi connectivity index (χ1n) is 5.31. The van der Waals surface area contributed by atoms with E-state index in [4.69, 9.17) is 4.74 Å². The van der Waals surface area contributed by atoms with Gasteiger partial charge in [-0.2, -0.15) is 0 Å². The van der Waals surface area contributed by atoms with Gasteiger partial charge in [-0.05, 0) is 19.1 Å². The highest BCUT2D eigenvalue weighted by molar-refractivity contribution is 7.17. The fourth-order valence-electron chi connectivity index (χ4n) is 1.84. The summed E-state index contributed by atoms with van der Waals surface area (Å²) >= 11 is 1.56. The molecule has 0 fully saturated rings. The second-order valence-electron chi connectivity index (χ2n) is 3.63. The fourth-order valence-corrected chi connectivity index (χ4v) is 2.64. The molecule has 3 aromatic rings. The molecule has 0 aliphatic carbocycles. The molecule has 0 amide bonds. The second-order valence-corrected chi connectivity index (χ2v) is 4.49. The van der Waals surface area contributed by atoms with Crippen molar-refractivity contribution in [1.82, 2.24) is 9.97 Å². The van der Waals surface area contributed by atoms with Gasteiger partial charge in [0.05, 0.1) is 27.9 Å². The third-order valence-corrected chi connectivity index (χ3v) is 3.45. The molecule has 1 aromatic carbocycles. The summed E-state index contributed by atoms with van der Waals surface area (Å²) in [5.74, 6) is -0.318. The number of rotatable bonds is 2. The van der Waals surface area contributed by atoms with Gasteiger partial charge in [-0.3, -0.25) is 0 Å². The van der Waals surface area contributed by atoms with Gasteiger partial charge in [-0.25, -0.2) is 9.78 Å². The average Bonchev–Trinajstić information content (AvgIpc) is 2.94. The number of nitrogens with zero attached hydrogens (tertiary/aromatic N) is 1. The van der Waals surface area contributed by atoms with Crippen LogP contribution in [0.1, 0.15) is 17.4 Å². The van der Waals surface area contributed by atoms with Crippen molar-refractivity contribution in [2.24, 2.45) is 0 Å². The molecule has 0 bridgehead atoms. The summed E-state index contributed by atoms with van der Waals surface area (Å²) in [6, 6.07) is 5.72. The van der Waals surface area contributed by atoms with Gasteiger partial charge < -0.3 is 9.72 Å². The van der Waals surface area contributed by atoms with Gasteiger partial charge in [-0.1, -0.05) is 6.07 Å². The summed E-state index contributed by atoms with van der Waals surface area (Å²) < 4.78 is 6.04. The van der Waals surface area contributed by atoms with E-state index in [0.717, 1.165) is 21.1 Å². The Hall–Kier alpha value is -1.88. The van der Waals surface area contributed by atoms with Crippen molar-refractivity contribution in [3.8, 4) is 0 Å². The summed E-state index contributed by atoms with van der Waals surface area (Å²) in [7, 11) is 0. The van der Waals surface area contributed by atoms with E-state index >= 15 is 0 Å². The minimum Gasteiger partial charge on any atom is -0.461 e. The van der Waals surface area contributed by atoms with Crippen LogP contribution >= 0.6 is 11.3 Å². The summed E-state index contributed by atoms with van der Waals surface area (Å²) in [5, 5.41) is 1.00. The minimum atomic E-state index is -0.318. The lowest BCUT2D eigenvalue weighted by Gasteiger charge is -1.96. The van der Waals surface area contributed by atoms with Crippen molar-refractivity contribution < 1.29 is 9.53 Å². The van der Waals surface area contributed by atoms with Crippen molar-refractivity contribution >= 4 is 38.4 Å². The number of hydrogen-bond acceptors (Lipinski definition) is 4. The molecule has 0 atom stereocenters. The van der Waals surface area contributed by atoms with Crippen LogP contribution in [0.15, 0.2) is 23.7 Å². The topological polar surface area (TPSA) is 55.0 Å². The van der Waals surface area contributed by atoms with Gasteiger partial charge in [0.25, 0.3) is 0 Å². The molecule has 0 saturated heterocycles. The number of H-pyrrole nitrogens is 1. The first kappa shape index (κ1) is 10.3. The van der Waals surface area contributed by atoms with Gasteiger partial charge >= 0.3 is 5.97 Å².